The van der Waals surface area contributed by atoms with Gasteiger partial charge < -0.3 is 5.32 Å². The lowest BCUT2D eigenvalue weighted by Crippen LogP contribution is -2.37. The number of aryl methyl sites for hydroxylation is 1. The van der Waals surface area contributed by atoms with Crippen LogP contribution in [0.15, 0.2) is 48.5 Å². The molecule has 25 heavy (non-hydrogen) atoms. The van der Waals surface area contributed by atoms with Gasteiger partial charge in [0.15, 0.2) is 0 Å². The van der Waals surface area contributed by atoms with E-state index in [1.807, 2.05) is 0 Å². The van der Waals surface area contributed by atoms with E-state index in [0.717, 1.165) is 16.1 Å². The Labute approximate surface area is 145 Å². The first kappa shape index (κ1) is 18.4. The summed E-state index contributed by atoms with van der Waals surface area (Å²) in [6.07, 6.45) is 1.03. The Morgan fingerprint density at radius 2 is 1.76 bits per heavy atom. The number of benzene rings is 2. The number of carbonyl (C=O) groups excluding carboxylic acids is 1. The molecule has 1 N–H and O–H groups in total. The number of nitrogens with zero attached hydrogens (tertiary/aromatic N) is 2. The summed E-state index contributed by atoms with van der Waals surface area (Å²) in [5.74, 6) is -0.553. The summed E-state index contributed by atoms with van der Waals surface area (Å²) in [4.78, 5) is 22.3. The number of hydrogen-bond acceptors (Lipinski definition) is 5. The topological polar surface area (TPSA) is 110 Å². The van der Waals surface area contributed by atoms with Crippen molar-refractivity contribution < 1.29 is 18.1 Å². The molecule has 9 heteroatoms. The standard InChI is InChI=1S/C16H17N3O5S/c1-12-5-3-4-6-15(12)18(25(2,23)24)11-16(20)17-13-7-9-14(10-8-13)19(21)22/h3-10H,11H2,1-2H3,(H,17,20). The highest BCUT2D eigenvalue weighted by molar-refractivity contribution is 7.92. The summed E-state index contributed by atoms with van der Waals surface area (Å²) in [7, 11) is -3.66. The quantitative estimate of drug-likeness (QED) is 0.625. The number of hydrogen-bond donors (Lipinski definition) is 1. The second kappa shape index (κ2) is 7.31. The molecule has 0 aliphatic heterocycles. The zero-order valence-corrected chi connectivity index (χ0v) is 14.5. The lowest BCUT2D eigenvalue weighted by Gasteiger charge is -2.23. The fourth-order valence-electron chi connectivity index (χ4n) is 2.22. The van der Waals surface area contributed by atoms with E-state index in [9.17, 15) is 23.3 Å². The van der Waals surface area contributed by atoms with Gasteiger partial charge >= 0.3 is 0 Å². The summed E-state index contributed by atoms with van der Waals surface area (Å²) in [5, 5.41) is 13.2. The van der Waals surface area contributed by atoms with Gasteiger partial charge in [-0.15, -0.1) is 0 Å². The largest absolute Gasteiger partial charge is 0.325 e. The maximum Gasteiger partial charge on any atom is 0.269 e. The van der Waals surface area contributed by atoms with Crippen LogP contribution in [0.3, 0.4) is 0 Å². The lowest BCUT2D eigenvalue weighted by molar-refractivity contribution is -0.384. The van der Waals surface area contributed by atoms with Crippen LogP contribution in [0.5, 0.6) is 0 Å². The molecule has 0 radical (unpaired) electrons. The number of rotatable bonds is 6. The normalized spacial score (nSPS) is 11.0. The Balaban J connectivity index is 2.18. The van der Waals surface area contributed by atoms with Gasteiger partial charge in [0.05, 0.1) is 16.9 Å². The minimum Gasteiger partial charge on any atom is -0.325 e. The Morgan fingerprint density at radius 1 is 1.16 bits per heavy atom. The van der Waals surface area contributed by atoms with Crippen LogP contribution in [0.2, 0.25) is 0 Å². The van der Waals surface area contributed by atoms with Crippen LogP contribution in [0.4, 0.5) is 17.1 Å². The third kappa shape index (κ3) is 4.77. The third-order valence-corrected chi connectivity index (χ3v) is 4.56. The van der Waals surface area contributed by atoms with Gasteiger partial charge in [-0.1, -0.05) is 18.2 Å². The first-order chi connectivity index (χ1) is 11.7. The average molecular weight is 363 g/mol. The molecule has 8 nitrogen and oxygen atoms in total. The number of amides is 1. The first-order valence-corrected chi connectivity index (χ1v) is 9.11. The molecule has 0 aliphatic rings. The predicted octanol–water partition coefficient (Wildman–Crippen LogP) is 2.31. The van der Waals surface area contributed by atoms with Crippen LogP contribution in [0.1, 0.15) is 5.56 Å². The molecule has 2 rings (SSSR count). The van der Waals surface area contributed by atoms with Gasteiger partial charge in [-0.3, -0.25) is 19.2 Å². The minimum atomic E-state index is -3.66. The van der Waals surface area contributed by atoms with Crippen molar-refractivity contribution in [2.45, 2.75) is 6.92 Å². The molecule has 0 saturated carbocycles. The van der Waals surface area contributed by atoms with Crippen LogP contribution in [0.25, 0.3) is 0 Å². The molecule has 0 unspecified atom stereocenters. The van der Waals surface area contributed by atoms with Crippen LogP contribution in [0, 0.1) is 17.0 Å². The summed E-state index contributed by atoms with van der Waals surface area (Å²) < 4.78 is 25.1. The van der Waals surface area contributed by atoms with Crippen LogP contribution < -0.4 is 9.62 Å². The maximum atomic E-state index is 12.2. The summed E-state index contributed by atoms with van der Waals surface area (Å²) in [5.41, 5.74) is 1.38. The smallest absolute Gasteiger partial charge is 0.269 e. The number of nitrogens with one attached hydrogen (secondary N) is 1. The Morgan fingerprint density at radius 3 is 2.28 bits per heavy atom. The molecule has 0 spiro atoms. The summed E-state index contributed by atoms with van der Waals surface area (Å²) in [6.45, 7) is 1.35. The van der Waals surface area contributed by atoms with Crippen molar-refractivity contribution >= 4 is 33.0 Å². The fraction of sp³-hybridized carbons (Fsp3) is 0.188. The monoisotopic (exact) mass is 363 g/mol. The van der Waals surface area contributed by atoms with E-state index in [4.69, 9.17) is 0 Å². The van der Waals surface area contributed by atoms with Gasteiger partial charge in [0.1, 0.15) is 6.54 Å². The number of nitro groups is 1. The summed E-state index contributed by atoms with van der Waals surface area (Å²) >= 11 is 0. The SMILES string of the molecule is Cc1ccccc1N(CC(=O)Nc1ccc([N+](=O)[O-])cc1)S(C)(=O)=O. The molecule has 2 aromatic carbocycles. The Hall–Kier alpha value is -2.94. The maximum absolute atomic E-state index is 12.2. The molecule has 0 aliphatic carbocycles. The first-order valence-electron chi connectivity index (χ1n) is 7.26. The van der Waals surface area contributed by atoms with Crippen LogP contribution >= 0.6 is 0 Å². The molecular formula is C16H17N3O5S. The lowest BCUT2D eigenvalue weighted by atomic mass is 10.2. The Bertz CT molecular complexity index is 894. The van der Waals surface area contributed by atoms with E-state index < -0.39 is 27.4 Å². The van der Waals surface area contributed by atoms with Crippen molar-refractivity contribution in [1.29, 1.82) is 0 Å². The fourth-order valence-corrected chi connectivity index (χ4v) is 3.14. The molecule has 0 aromatic heterocycles. The number of carbonyl (C=O) groups is 1. The van der Waals surface area contributed by atoms with Gasteiger partial charge in [0.25, 0.3) is 5.69 Å². The zero-order chi connectivity index (χ0) is 18.6. The molecule has 0 saturated heterocycles. The van der Waals surface area contributed by atoms with Crippen molar-refractivity contribution in [1.82, 2.24) is 0 Å². The molecular weight excluding hydrogens is 346 g/mol. The van der Waals surface area contributed by atoms with Gasteiger partial charge in [0.2, 0.25) is 15.9 Å². The Kier molecular flexibility index (Phi) is 5.38. The number of para-hydroxylation sites is 1. The second-order valence-electron chi connectivity index (χ2n) is 5.41. The highest BCUT2D eigenvalue weighted by atomic mass is 32.2. The van der Waals surface area contributed by atoms with Gasteiger partial charge in [-0.2, -0.15) is 0 Å². The van der Waals surface area contributed by atoms with E-state index in [0.29, 0.717) is 11.4 Å². The van der Waals surface area contributed by atoms with E-state index in [2.05, 4.69) is 5.32 Å². The number of anilines is 2. The molecule has 0 bridgehead atoms. The van der Waals surface area contributed by atoms with Crippen molar-refractivity contribution in [2.75, 3.05) is 22.4 Å². The predicted molar refractivity (Wildman–Crippen MR) is 95.1 cm³/mol. The molecule has 0 atom stereocenters. The van der Waals surface area contributed by atoms with Crippen molar-refractivity contribution in [3.63, 3.8) is 0 Å². The third-order valence-electron chi connectivity index (χ3n) is 3.43. The van der Waals surface area contributed by atoms with Gasteiger partial charge in [0, 0.05) is 17.8 Å². The van der Waals surface area contributed by atoms with Crippen molar-refractivity contribution in [2.24, 2.45) is 0 Å². The van der Waals surface area contributed by atoms with Gasteiger partial charge in [-0.25, -0.2) is 8.42 Å². The van der Waals surface area contributed by atoms with E-state index >= 15 is 0 Å². The highest BCUT2D eigenvalue weighted by Crippen LogP contribution is 2.22. The van der Waals surface area contributed by atoms with E-state index in [1.165, 1.54) is 24.3 Å². The highest BCUT2D eigenvalue weighted by Gasteiger charge is 2.22. The summed E-state index contributed by atoms with van der Waals surface area (Å²) in [6, 6.07) is 12.1. The van der Waals surface area contributed by atoms with E-state index in [-0.39, 0.29) is 5.69 Å². The molecule has 2 aromatic rings. The second-order valence-corrected chi connectivity index (χ2v) is 7.32. The number of sulfonamides is 1. The minimum absolute atomic E-state index is 0.101. The van der Waals surface area contributed by atoms with Crippen LogP contribution in [-0.2, 0) is 14.8 Å². The van der Waals surface area contributed by atoms with Crippen molar-refractivity contribution in [3.05, 3.63) is 64.2 Å². The van der Waals surface area contributed by atoms with E-state index in [1.54, 1.807) is 31.2 Å². The molecule has 0 fully saturated rings. The molecule has 1 amide bonds. The van der Waals surface area contributed by atoms with Crippen molar-refractivity contribution in [3.8, 4) is 0 Å². The van der Waals surface area contributed by atoms with Crippen LogP contribution in [-0.4, -0.2) is 32.0 Å². The molecule has 132 valence electrons. The number of nitro benzene ring substituents is 1. The van der Waals surface area contributed by atoms with Gasteiger partial charge in [-0.05, 0) is 30.7 Å². The number of non-ortho nitro benzene ring substituents is 1. The molecule has 0 heterocycles. The average Bonchev–Trinajstić information content (AvgIpc) is 2.53. The zero-order valence-electron chi connectivity index (χ0n) is 13.7.